The predicted molar refractivity (Wildman–Crippen MR) is 50.2 cm³/mol. The quantitative estimate of drug-likeness (QED) is 0.605. The van der Waals surface area contributed by atoms with Gasteiger partial charge in [-0.05, 0) is 13.3 Å². The molecule has 0 aliphatic heterocycles. The van der Waals surface area contributed by atoms with Gasteiger partial charge in [-0.25, -0.2) is 8.42 Å². The summed E-state index contributed by atoms with van der Waals surface area (Å²) in [7, 11) is -3.24. The van der Waals surface area contributed by atoms with Crippen molar-refractivity contribution in [3.05, 3.63) is 0 Å². The summed E-state index contributed by atoms with van der Waals surface area (Å²) >= 11 is 0. The lowest BCUT2D eigenvalue weighted by molar-refractivity contribution is -0.139. The first-order valence-electron chi connectivity index (χ1n) is 4.38. The van der Waals surface area contributed by atoms with Crippen molar-refractivity contribution < 1.29 is 17.9 Å². The van der Waals surface area contributed by atoms with E-state index in [2.05, 4.69) is 4.74 Å². The van der Waals surface area contributed by atoms with Crippen LogP contribution in [0.3, 0.4) is 0 Å². The fraction of sp³-hybridized carbons (Fsp3) is 0.875. The lowest BCUT2D eigenvalue weighted by Crippen LogP contribution is -2.20. The third kappa shape index (κ3) is 6.57. The molecule has 0 bridgehead atoms. The Kier molecular flexibility index (Phi) is 5.70. The van der Waals surface area contributed by atoms with E-state index in [0.717, 1.165) is 6.42 Å². The Bertz CT molecular complexity index is 243. The normalized spacial score (nSPS) is 11.2. The van der Waals surface area contributed by atoms with E-state index in [1.54, 1.807) is 6.92 Å². The average Bonchev–Trinajstić information content (AvgIpc) is 2.00. The number of rotatable bonds is 6. The first kappa shape index (κ1) is 12.4. The van der Waals surface area contributed by atoms with Gasteiger partial charge in [0.1, 0.15) is 5.75 Å². The molecule has 0 rings (SSSR count). The summed E-state index contributed by atoms with van der Waals surface area (Å²) in [6.45, 7) is 3.78. The van der Waals surface area contributed by atoms with Crippen molar-refractivity contribution in [2.75, 3.05) is 18.1 Å². The minimum atomic E-state index is -3.24. The molecule has 78 valence electrons. The molecule has 4 nitrogen and oxygen atoms in total. The number of hydrogen-bond donors (Lipinski definition) is 0. The van der Waals surface area contributed by atoms with Gasteiger partial charge in [0.25, 0.3) is 0 Å². The minimum absolute atomic E-state index is 0.0717. The second-order valence-electron chi connectivity index (χ2n) is 2.75. The number of carbonyl (C=O) groups is 1. The molecule has 0 aliphatic rings. The Balaban J connectivity index is 3.95. The highest BCUT2D eigenvalue weighted by molar-refractivity contribution is 7.92. The van der Waals surface area contributed by atoms with E-state index in [9.17, 15) is 13.2 Å². The Morgan fingerprint density at radius 1 is 1.31 bits per heavy atom. The zero-order valence-electron chi connectivity index (χ0n) is 8.08. The molecule has 0 aromatic rings. The van der Waals surface area contributed by atoms with Crippen LogP contribution in [0, 0.1) is 0 Å². The van der Waals surface area contributed by atoms with Crippen molar-refractivity contribution in [3.63, 3.8) is 0 Å². The molecular weight excluding hydrogens is 192 g/mol. The molecule has 0 aromatic heterocycles. The number of esters is 1. The van der Waals surface area contributed by atoms with Gasteiger partial charge in [0, 0.05) is 0 Å². The molecule has 0 fully saturated rings. The van der Waals surface area contributed by atoms with Crippen molar-refractivity contribution in [1.82, 2.24) is 0 Å². The molecule has 0 amide bonds. The van der Waals surface area contributed by atoms with Crippen molar-refractivity contribution >= 4 is 15.8 Å². The van der Waals surface area contributed by atoms with Gasteiger partial charge in [0.05, 0.1) is 12.4 Å². The van der Waals surface area contributed by atoms with E-state index in [1.165, 1.54) is 0 Å². The average molecular weight is 208 g/mol. The van der Waals surface area contributed by atoms with Crippen LogP contribution in [0.5, 0.6) is 0 Å². The van der Waals surface area contributed by atoms with Crippen LogP contribution in [0.25, 0.3) is 0 Å². The van der Waals surface area contributed by atoms with Gasteiger partial charge >= 0.3 is 5.97 Å². The maximum Gasteiger partial charge on any atom is 0.321 e. The summed E-state index contributed by atoms with van der Waals surface area (Å²) in [5.41, 5.74) is 0. The summed E-state index contributed by atoms with van der Waals surface area (Å²) in [4.78, 5) is 10.8. The van der Waals surface area contributed by atoms with E-state index in [4.69, 9.17) is 0 Å². The third-order valence-electron chi connectivity index (χ3n) is 1.45. The van der Waals surface area contributed by atoms with Crippen LogP contribution < -0.4 is 0 Å². The van der Waals surface area contributed by atoms with Crippen molar-refractivity contribution in [2.45, 2.75) is 26.7 Å². The fourth-order valence-corrected chi connectivity index (χ4v) is 2.13. The lowest BCUT2D eigenvalue weighted by atomic mass is 10.4. The number of ether oxygens (including phenoxy) is 1. The summed E-state index contributed by atoms with van der Waals surface area (Å²) < 4.78 is 26.9. The van der Waals surface area contributed by atoms with E-state index < -0.39 is 21.6 Å². The van der Waals surface area contributed by atoms with Crippen LogP contribution in [0.15, 0.2) is 0 Å². The van der Waals surface area contributed by atoms with Crippen LogP contribution in [0.1, 0.15) is 26.7 Å². The van der Waals surface area contributed by atoms with Crippen LogP contribution in [-0.2, 0) is 19.4 Å². The Hall–Kier alpha value is -0.580. The molecule has 0 saturated heterocycles. The summed E-state index contributed by atoms with van der Waals surface area (Å²) in [6.07, 6.45) is 1.41. The number of hydrogen-bond acceptors (Lipinski definition) is 4. The molecule has 5 heteroatoms. The predicted octanol–water partition coefficient (Wildman–Crippen LogP) is 0.764. The first-order chi connectivity index (χ1) is 6.02. The molecular formula is C8H16O4S. The van der Waals surface area contributed by atoms with Gasteiger partial charge in [-0.3, -0.25) is 4.79 Å². The highest BCUT2D eigenvalue weighted by Gasteiger charge is 2.16. The monoisotopic (exact) mass is 208 g/mol. The van der Waals surface area contributed by atoms with Crippen LogP contribution in [-0.4, -0.2) is 32.5 Å². The molecule has 0 aromatic carbocycles. The zero-order chi connectivity index (χ0) is 10.3. The number of carbonyl (C=O) groups excluding carboxylic acids is 1. The number of sulfone groups is 1. The van der Waals surface area contributed by atoms with Gasteiger partial charge in [0.15, 0.2) is 9.84 Å². The maximum atomic E-state index is 11.2. The van der Waals surface area contributed by atoms with E-state index in [1.807, 2.05) is 6.92 Å². The fourth-order valence-electron chi connectivity index (χ4n) is 0.819. The smallest absolute Gasteiger partial charge is 0.321 e. The van der Waals surface area contributed by atoms with Gasteiger partial charge in [-0.1, -0.05) is 13.3 Å². The largest absolute Gasteiger partial charge is 0.465 e. The minimum Gasteiger partial charge on any atom is -0.465 e. The van der Waals surface area contributed by atoms with E-state index in [-0.39, 0.29) is 12.4 Å². The Labute approximate surface area is 79.2 Å². The third-order valence-corrected chi connectivity index (χ3v) is 3.04. The standard InChI is InChI=1S/C8H16O4S/c1-3-5-6-13(10,11)7-8(9)12-4-2/h3-7H2,1-2H3. The lowest BCUT2D eigenvalue weighted by Gasteiger charge is -2.02. The molecule has 0 spiro atoms. The van der Waals surface area contributed by atoms with Gasteiger partial charge in [-0.15, -0.1) is 0 Å². The van der Waals surface area contributed by atoms with Gasteiger partial charge in [-0.2, -0.15) is 0 Å². The first-order valence-corrected chi connectivity index (χ1v) is 6.20. The maximum absolute atomic E-state index is 11.2. The van der Waals surface area contributed by atoms with E-state index in [0.29, 0.717) is 6.42 Å². The summed E-state index contributed by atoms with van der Waals surface area (Å²) in [5, 5.41) is 0. The van der Waals surface area contributed by atoms with Crippen LogP contribution in [0.2, 0.25) is 0 Å². The van der Waals surface area contributed by atoms with Crippen molar-refractivity contribution in [1.29, 1.82) is 0 Å². The van der Waals surface area contributed by atoms with E-state index >= 15 is 0 Å². The van der Waals surface area contributed by atoms with Crippen LogP contribution >= 0.6 is 0 Å². The van der Waals surface area contributed by atoms with Crippen molar-refractivity contribution in [3.8, 4) is 0 Å². The topological polar surface area (TPSA) is 60.4 Å². The highest BCUT2D eigenvalue weighted by atomic mass is 32.2. The molecule has 0 heterocycles. The second kappa shape index (κ2) is 5.96. The second-order valence-corrected chi connectivity index (χ2v) is 4.93. The molecule has 13 heavy (non-hydrogen) atoms. The van der Waals surface area contributed by atoms with Crippen molar-refractivity contribution in [2.24, 2.45) is 0 Å². The van der Waals surface area contributed by atoms with Crippen LogP contribution in [0.4, 0.5) is 0 Å². The SMILES string of the molecule is CCCCS(=O)(=O)CC(=O)OCC. The summed E-state index contributed by atoms with van der Waals surface area (Å²) in [6, 6.07) is 0. The molecule has 0 radical (unpaired) electrons. The zero-order valence-corrected chi connectivity index (χ0v) is 8.89. The Morgan fingerprint density at radius 2 is 1.92 bits per heavy atom. The highest BCUT2D eigenvalue weighted by Crippen LogP contribution is 1.98. The molecule has 0 saturated carbocycles. The molecule has 0 N–H and O–H groups in total. The number of unbranched alkanes of at least 4 members (excludes halogenated alkanes) is 1. The van der Waals surface area contributed by atoms with Gasteiger partial charge < -0.3 is 4.74 Å². The Morgan fingerprint density at radius 3 is 2.38 bits per heavy atom. The van der Waals surface area contributed by atoms with Gasteiger partial charge in [0.2, 0.25) is 0 Å². The molecule has 0 aliphatic carbocycles. The summed E-state index contributed by atoms with van der Waals surface area (Å²) in [5.74, 6) is -1.07. The molecule has 0 atom stereocenters. The molecule has 0 unspecified atom stereocenters.